The summed E-state index contributed by atoms with van der Waals surface area (Å²) in [5.41, 5.74) is 3.18. The predicted octanol–water partition coefficient (Wildman–Crippen LogP) is 4.80. The van der Waals surface area contributed by atoms with Crippen LogP contribution in [0.2, 0.25) is 0 Å². The highest BCUT2D eigenvalue weighted by molar-refractivity contribution is 6.06. The van der Waals surface area contributed by atoms with Crippen molar-refractivity contribution in [1.29, 1.82) is 0 Å². The molecule has 132 valence electrons. The largest absolute Gasteiger partial charge is 0.478 e. The van der Waals surface area contributed by atoms with Crippen LogP contribution < -0.4 is 4.74 Å². The molecule has 1 aliphatic heterocycles. The molecule has 0 atom stereocenters. The Kier molecular flexibility index (Phi) is 4.88. The molecule has 4 nitrogen and oxygen atoms in total. The van der Waals surface area contributed by atoms with Gasteiger partial charge in [0.15, 0.2) is 0 Å². The van der Waals surface area contributed by atoms with E-state index in [0.29, 0.717) is 5.88 Å². The van der Waals surface area contributed by atoms with Crippen LogP contribution in [0.1, 0.15) is 38.2 Å². The topological polar surface area (TPSA) is 38.5 Å². The summed E-state index contributed by atoms with van der Waals surface area (Å²) >= 11 is 0. The van der Waals surface area contributed by atoms with Crippen molar-refractivity contribution in [2.45, 2.75) is 39.0 Å². The van der Waals surface area contributed by atoms with Crippen LogP contribution in [-0.2, 0) is 6.42 Å². The van der Waals surface area contributed by atoms with Crippen molar-refractivity contribution in [2.75, 3.05) is 26.2 Å². The lowest BCUT2D eigenvalue weighted by Gasteiger charge is -2.14. The van der Waals surface area contributed by atoms with E-state index in [1.165, 1.54) is 36.9 Å². The van der Waals surface area contributed by atoms with Gasteiger partial charge in [-0.05, 0) is 62.5 Å². The van der Waals surface area contributed by atoms with Crippen molar-refractivity contribution < 1.29 is 9.15 Å². The Morgan fingerprint density at radius 2 is 2.04 bits per heavy atom. The number of fused-ring (bicyclic) bond motifs is 3. The van der Waals surface area contributed by atoms with Crippen LogP contribution in [0.4, 0.5) is 0 Å². The maximum Gasteiger partial charge on any atom is 0.213 e. The van der Waals surface area contributed by atoms with Gasteiger partial charge in [-0.3, -0.25) is 0 Å². The Labute approximate surface area is 148 Å². The van der Waals surface area contributed by atoms with Gasteiger partial charge in [0.25, 0.3) is 0 Å². The lowest BCUT2D eigenvalue weighted by Crippen LogP contribution is -2.21. The van der Waals surface area contributed by atoms with E-state index in [-0.39, 0.29) is 0 Å². The standard InChI is InChI=1S/C21H26N2O2/c1-2-6-16-15-25-19-9-8-18-17(21(16)19)7-10-20(22-18)24-14-5-13-23-11-3-4-12-23/h7-10,15H,2-6,11-14H2,1H3. The molecular weight excluding hydrogens is 312 g/mol. The Balaban J connectivity index is 1.48. The van der Waals surface area contributed by atoms with Crippen molar-refractivity contribution in [2.24, 2.45) is 0 Å². The molecule has 1 aromatic carbocycles. The summed E-state index contributed by atoms with van der Waals surface area (Å²) in [6, 6.07) is 8.14. The number of likely N-dealkylation sites (tertiary alicyclic amines) is 1. The van der Waals surface area contributed by atoms with E-state index < -0.39 is 0 Å². The molecule has 0 saturated carbocycles. The summed E-state index contributed by atoms with van der Waals surface area (Å²) < 4.78 is 11.6. The average Bonchev–Trinajstić information content (AvgIpc) is 3.29. The monoisotopic (exact) mass is 338 g/mol. The lowest BCUT2D eigenvalue weighted by atomic mass is 10.0. The molecule has 0 spiro atoms. The summed E-state index contributed by atoms with van der Waals surface area (Å²) in [6.45, 7) is 6.54. The molecule has 0 amide bonds. The number of aromatic nitrogens is 1. The van der Waals surface area contributed by atoms with E-state index in [0.717, 1.165) is 48.9 Å². The summed E-state index contributed by atoms with van der Waals surface area (Å²) in [7, 11) is 0. The Morgan fingerprint density at radius 3 is 2.88 bits per heavy atom. The summed E-state index contributed by atoms with van der Waals surface area (Å²) in [5, 5.41) is 2.35. The highest BCUT2D eigenvalue weighted by Crippen LogP contribution is 2.31. The van der Waals surface area contributed by atoms with Crippen molar-refractivity contribution in [3.05, 3.63) is 36.1 Å². The van der Waals surface area contributed by atoms with E-state index in [1.54, 1.807) is 0 Å². The second-order valence-corrected chi connectivity index (χ2v) is 6.92. The minimum absolute atomic E-state index is 0.716. The van der Waals surface area contributed by atoms with Gasteiger partial charge in [0.1, 0.15) is 5.58 Å². The molecule has 2 aromatic heterocycles. The molecule has 25 heavy (non-hydrogen) atoms. The van der Waals surface area contributed by atoms with Gasteiger partial charge in [0.05, 0.1) is 18.4 Å². The summed E-state index contributed by atoms with van der Waals surface area (Å²) in [6.07, 6.45) is 7.76. The first kappa shape index (κ1) is 16.4. The van der Waals surface area contributed by atoms with E-state index in [1.807, 2.05) is 24.5 Å². The van der Waals surface area contributed by atoms with Crippen molar-refractivity contribution in [1.82, 2.24) is 9.88 Å². The summed E-state index contributed by atoms with van der Waals surface area (Å²) in [5.74, 6) is 0.716. The second-order valence-electron chi connectivity index (χ2n) is 6.92. The number of pyridine rings is 1. The molecule has 1 fully saturated rings. The van der Waals surface area contributed by atoms with Crippen LogP contribution in [0.15, 0.2) is 34.9 Å². The van der Waals surface area contributed by atoms with Crippen molar-refractivity contribution >= 4 is 21.9 Å². The zero-order chi connectivity index (χ0) is 17.1. The third-order valence-corrected chi connectivity index (χ3v) is 5.04. The molecule has 3 aromatic rings. The minimum Gasteiger partial charge on any atom is -0.478 e. The number of benzene rings is 1. The number of hydrogen-bond donors (Lipinski definition) is 0. The Morgan fingerprint density at radius 1 is 1.16 bits per heavy atom. The molecule has 1 aliphatic rings. The van der Waals surface area contributed by atoms with Gasteiger partial charge >= 0.3 is 0 Å². The van der Waals surface area contributed by atoms with Gasteiger partial charge in [-0.1, -0.05) is 13.3 Å². The van der Waals surface area contributed by atoms with Gasteiger partial charge in [-0.15, -0.1) is 0 Å². The molecule has 0 aliphatic carbocycles. The van der Waals surface area contributed by atoms with Gasteiger partial charge < -0.3 is 14.1 Å². The molecule has 1 saturated heterocycles. The van der Waals surface area contributed by atoms with Gasteiger partial charge in [-0.25, -0.2) is 4.98 Å². The van der Waals surface area contributed by atoms with Crippen molar-refractivity contribution in [3.63, 3.8) is 0 Å². The summed E-state index contributed by atoms with van der Waals surface area (Å²) in [4.78, 5) is 7.21. The fraction of sp³-hybridized carbons (Fsp3) is 0.476. The minimum atomic E-state index is 0.716. The second kappa shape index (κ2) is 7.44. The van der Waals surface area contributed by atoms with E-state index in [9.17, 15) is 0 Å². The number of aryl methyl sites for hydroxylation is 1. The van der Waals surface area contributed by atoms with Gasteiger partial charge in [0.2, 0.25) is 5.88 Å². The average molecular weight is 338 g/mol. The first-order valence-corrected chi connectivity index (χ1v) is 9.50. The first-order valence-electron chi connectivity index (χ1n) is 9.50. The third kappa shape index (κ3) is 3.49. The molecule has 0 unspecified atom stereocenters. The quantitative estimate of drug-likeness (QED) is 0.580. The van der Waals surface area contributed by atoms with Crippen LogP contribution in [0.25, 0.3) is 21.9 Å². The van der Waals surface area contributed by atoms with Crippen LogP contribution in [0.5, 0.6) is 5.88 Å². The van der Waals surface area contributed by atoms with Crippen LogP contribution in [-0.4, -0.2) is 36.1 Å². The first-order chi connectivity index (χ1) is 12.3. The normalized spacial score (nSPS) is 15.4. The van der Waals surface area contributed by atoms with Gasteiger partial charge in [0, 0.05) is 23.4 Å². The molecule has 0 N–H and O–H groups in total. The maximum absolute atomic E-state index is 5.88. The molecule has 0 bridgehead atoms. The lowest BCUT2D eigenvalue weighted by molar-refractivity contribution is 0.257. The maximum atomic E-state index is 5.88. The molecule has 4 heteroatoms. The molecule has 4 rings (SSSR count). The smallest absolute Gasteiger partial charge is 0.213 e. The highest BCUT2D eigenvalue weighted by atomic mass is 16.5. The number of rotatable bonds is 7. The third-order valence-electron chi connectivity index (χ3n) is 5.04. The van der Waals surface area contributed by atoms with Crippen LogP contribution in [0, 0.1) is 0 Å². The van der Waals surface area contributed by atoms with Gasteiger partial charge in [-0.2, -0.15) is 0 Å². The SMILES string of the molecule is CCCc1coc2ccc3nc(OCCCN4CCCC4)ccc3c12. The molecular formula is C21H26N2O2. The number of hydrogen-bond acceptors (Lipinski definition) is 4. The van der Waals surface area contributed by atoms with E-state index in [4.69, 9.17) is 14.1 Å². The Hall–Kier alpha value is -2.07. The molecule has 0 radical (unpaired) electrons. The highest BCUT2D eigenvalue weighted by Gasteiger charge is 2.12. The van der Waals surface area contributed by atoms with Crippen LogP contribution in [0.3, 0.4) is 0 Å². The zero-order valence-corrected chi connectivity index (χ0v) is 15.0. The number of ether oxygens (including phenoxy) is 1. The molecule has 3 heterocycles. The fourth-order valence-electron chi connectivity index (χ4n) is 3.79. The van der Waals surface area contributed by atoms with E-state index >= 15 is 0 Å². The predicted molar refractivity (Wildman–Crippen MR) is 101 cm³/mol. The number of furan rings is 1. The van der Waals surface area contributed by atoms with Crippen LogP contribution >= 0.6 is 0 Å². The fourth-order valence-corrected chi connectivity index (χ4v) is 3.79. The van der Waals surface area contributed by atoms with Crippen molar-refractivity contribution in [3.8, 4) is 5.88 Å². The zero-order valence-electron chi connectivity index (χ0n) is 15.0. The van der Waals surface area contributed by atoms with E-state index in [2.05, 4.69) is 17.9 Å². The number of nitrogens with zero attached hydrogens (tertiary/aromatic N) is 2. The Bertz CT molecular complexity index is 850.